The Balaban J connectivity index is 0.00000261. The van der Waals surface area contributed by atoms with E-state index in [1.807, 2.05) is 38.1 Å². The Morgan fingerprint density at radius 2 is 2.07 bits per heavy atom. The third-order valence-corrected chi connectivity index (χ3v) is 6.61. The van der Waals surface area contributed by atoms with E-state index >= 15 is 0 Å². The summed E-state index contributed by atoms with van der Waals surface area (Å²) in [6.45, 7) is 4.62. The highest BCUT2D eigenvalue weighted by atomic mass is 35.5. The lowest BCUT2D eigenvalue weighted by Gasteiger charge is -2.20. The second-order valence-corrected chi connectivity index (χ2v) is 7.99. The molecule has 3 N–H and O–H groups in total. The quantitative estimate of drug-likeness (QED) is 0.752. The number of thiazole rings is 1. The van der Waals surface area contributed by atoms with Gasteiger partial charge in [-0.25, -0.2) is 4.98 Å². The SMILES string of the molecule is COc1ccc(-c2nc(C)c(C(C)NC(=O)[C@@H]3CCC[C@@H]3CN)s2)cc1.Cl. The Labute approximate surface area is 171 Å². The highest BCUT2D eigenvalue weighted by molar-refractivity contribution is 7.15. The van der Waals surface area contributed by atoms with Gasteiger partial charge in [0, 0.05) is 11.5 Å². The molecule has 5 nitrogen and oxygen atoms in total. The van der Waals surface area contributed by atoms with Crippen LogP contribution in [-0.2, 0) is 4.79 Å². The fourth-order valence-corrected chi connectivity index (χ4v) is 4.79. The summed E-state index contributed by atoms with van der Waals surface area (Å²) >= 11 is 1.63. The van der Waals surface area contributed by atoms with Crippen LogP contribution < -0.4 is 15.8 Å². The maximum Gasteiger partial charge on any atom is 0.223 e. The van der Waals surface area contributed by atoms with Crippen molar-refractivity contribution < 1.29 is 9.53 Å². The lowest BCUT2D eigenvalue weighted by molar-refractivity contribution is -0.126. The van der Waals surface area contributed by atoms with Crippen LogP contribution in [0.2, 0.25) is 0 Å². The molecule has 0 bridgehead atoms. The number of hydrogen-bond acceptors (Lipinski definition) is 5. The van der Waals surface area contributed by atoms with Crippen LogP contribution in [0.3, 0.4) is 0 Å². The Morgan fingerprint density at radius 3 is 2.70 bits per heavy atom. The average molecular weight is 410 g/mol. The van der Waals surface area contributed by atoms with Gasteiger partial charge in [-0.15, -0.1) is 23.7 Å². The molecule has 1 fully saturated rings. The van der Waals surface area contributed by atoms with E-state index in [-0.39, 0.29) is 30.3 Å². The van der Waals surface area contributed by atoms with Gasteiger partial charge in [0.1, 0.15) is 10.8 Å². The topological polar surface area (TPSA) is 77.2 Å². The van der Waals surface area contributed by atoms with Crippen molar-refractivity contribution in [3.05, 3.63) is 34.8 Å². The number of benzene rings is 1. The van der Waals surface area contributed by atoms with Crippen molar-refractivity contribution in [3.8, 4) is 16.3 Å². The van der Waals surface area contributed by atoms with Crippen LogP contribution in [0.15, 0.2) is 24.3 Å². The monoisotopic (exact) mass is 409 g/mol. The summed E-state index contributed by atoms with van der Waals surface area (Å²) in [5.41, 5.74) is 7.85. The standard InChI is InChI=1S/C20H27N3O2S.ClH/c1-12(22-19(24)17-6-4-5-15(17)11-21)18-13(2)23-20(26-18)14-7-9-16(25-3)10-8-14;/h7-10,12,15,17H,4-6,11,21H2,1-3H3,(H,22,24);1H/t12?,15-,17-;/m1./s1. The van der Waals surface area contributed by atoms with Gasteiger partial charge in [0.05, 0.1) is 23.7 Å². The van der Waals surface area contributed by atoms with E-state index in [9.17, 15) is 4.79 Å². The molecule has 1 unspecified atom stereocenters. The molecule has 1 aliphatic carbocycles. The predicted molar refractivity (Wildman–Crippen MR) is 113 cm³/mol. The van der Waals surface area contributed by atoms with Gasteiger partial charge >= 0.3 is 0 Å². The zero-order chi connectivity index (χ0) is 18.7. The Morgan fingerprint density at radius 1 is 1.37 bits per heavy atom. The molecule has 0 saturated heterocycles. The maximum atomic E-state index is 12.7. The molecule has 1 aliphatic rings. The number of aromatic nitrogens is 1. The van der Waals surface area contributed by atoms with Crippen LogP contribution in [0, 0.1) is 18.8 Å². The molecular formula is C20H28ClN3O2S. The largest absolute Gasteiger partial charge is 0.497 e. The smallest absolute Gasteiger partial charge is 0.223 e. The minimum absolute atomic E-state index is 0. The van der Waals surface area contributed by atoms with Crippen LogP contribution in [0.25, 0.3) is 10.6 Å². The predicted octanol–water partition coefficient (Wildman–Crippen LogP) is 4.10. The average Bonchev–Trinajstić information content (AvgIpc) is 3.28. The zero-order valence-electron chi connectivity index (χ0n) is 16.0. The van der Waals surface area contributed by atoms with E-state index < -0.39 is 0 Å². The van der Waals surface area contributed by atoms with Gasteiger partial charge in [-0.1, -0.05) is 6.42 Å². The second kappa shape index (κ2) is 9.53. The summed E-state index contributed by atoms with van der Waals surface area (Å²) in [6.07, 6.45) is 3.10. The molecule has 3 atom stereocenters. The minimum Gasteiger partial charge on any atom is -0.497 e. The number of nitrogens with zero attached hydrogens (tertiary/aromatic N) is 1. The summed E-state index contributed by atoms with van der Waals surface area (Å²) in [4.78, 5) is 18.5. The van der Waals surface area contributed by atoms with Crippen LogP contribution in [0.4, 0.5) is 0 Å². The number of halogens is 1. The minimum atomic E-state index is -0.0500. The molecular weight excluding hydrogens is 382 g/mol. The number of carbonyl (C=O) groups is 1. The lowest BCUT2D eigenvalue weighted by atomic mass is 9.95. The molecule has 1 amide bonds. The zero-order valence-corrected chi connectivity index (χ0v) is 17.7. The number of methoxy groups -OCH3 is 1. The maximum absolute atomic E-state index is 12.7. The molecule has 1 heterocycles. The molecule has 0 radical (unpaired) electrons. The van der Waals surface area contributed by atoms with E-state index in [1.165, 1.54) is 0 Å². The van der Waals surface area contributed by atoms with Crippen molar-refractivity contribution in [2.75, 3.05) is 13.7 Å². The number of hydrogen-bond donors (Lipinski definition) is 2. The van der Waals surface area contributed by atoms with Gasteiger partial charge in [0.15, 0.2) is 0 Å². The molecule has 2 aromatic rings. The summed E-state index contributed by atoms with van der Waals surface area (Å²) in [6, 6.07) is 7.84. The van der Waals surface area contributed by atoms with E-state index in [1.54, 1.807) is 18.4 Å². The van der Waals surface area contributed by atoms with Crippen molar-refractivity contribution in [2.45, 2.75) is 39.2 Å². The molecule has 1 saturated carbocycles. The molecule has 27 heavy (non-hydrogen) atoms. The normalized spacial score (nSPS) is 20.0. The van der Waals surface area contributed by atoms with Gasteiger partial charge in [-0.3, -0.25) is 4.79 Å². The third-order valence-electron chi connectivity index (χ3n) is 5.22. The summed E-state index contributed by atoms with van der Waals surface area (Å²) < 4.78 is 5.21. The molecule has 0 spiro atoms. The van der Waals surface area contributed by atoms with Crippen LogP contribution >= 0.6 is 23.7 Å². The number of ether oxygens (including phenoxy) is 1. The second-order valence-electron chi connectivity index (χ2n) is 6.96. The molecule has 1 aromatic carbocycles. The first-order valence-electron chi connectivity index (χ1n) is 9.15. The van der Waals surface area contributed by atoms with Crippen molar-refractivity contribution >= 4 is 29.7 Å². The van der Waals surface area contributed by atoms with Crippen LogP contribution in [-0.4, -0.2) is 24.5 Å². The van der Waals surface area contributed by atoms with Gasteiger partial charge in [0.25, 0.3) is 0 Å². The first kappa shape index (κ1) is 21.7. The summed E-state index contributed by atoms with van der Waals surface area (Å²) in [5, 5.41) is 4.14. The molecule has 1 aromatic heterocycles. The van der Waals surface area contributed by atoms with E-state index in [4.69, 9.17) is 15.5 Å². The fourth-order valence-electron chi connectivity index (χ4n) is 3.72. The first-order valence-corrected chi connectivity index (χ1v) is 9.97. The first-order chi connectivity index (χ1) is 12.5. The van der Waals surface area contributed by atoms with Gasteiger partial charge < -0.3 is 15.8 Å². The Bertz CT molecular complexity index is 763. The number of carbonyl (C=O) groups excluding carboxylic acids is 1. The highest BCUT2D eigenvalue weighted by Crippen LogP contribution is 2.34. The molecule has 148 valence electrons. The Kier molecular flexibility index (Phi) is 7.65. The lowest BCUT2D eigenvalue weighted by Crippen LogP contribution is -2.36. The summed E-state index contributed by atoms with van der Waals surface area (Å²) in [7, 11) is 1.66. The van der Waals surface area contributed by atoms with Gasteiger partial charge in [-0.2, -0.15) is 0 Å². The van der Waals surface area contributed by atoms with Crippen molar-refractivity contribution in [3.63, 3.8) is 0 Å². The van der Waals surface area contributed by atoms with Crippen molar-refractivity contribution in [1.29, 1.82) is 0 Å². The number of rotatable bonds is 6. The molecule has 0 aliphatic heterocycles. The number of amides is 1. The molecule has 3 rings (SSSR count). The Hall–Kier alpha value is -1.63. The summed E-state index contributed by atoms with van der Waals surface area (Å²) in [5.74, 6) is 1.33. The third kappa shape index (κ3) is 4.81. The van der Waals surface area contributed by atoms with E-state index in [0.29, 0.717) is 12.5 Å². The number of nitrogens with two attached hydrogens (primary N) is 1. The van der Waals surface area contributed by atoms with E-state index in [2.05, 4.69) is 5.32 Å². The van der Waals surface area contributed by atoms with Crippen molar-refractivity contribution in [2.24, 2.45) is 17.6 Å². The molecule has 7 heteroatoms. The number of aryl methyl sites for hydroxylation is 1. The van der Waals surface area contributed by atoms with E-state index in [0.717, 1.165) is 46.2 Å². The van der Waals surface area contributed by atoms with Gasteiger partial charge in [0.2, 0.25) is 5.91 Å². The number of nitrogens with one attached hydrogen (secondary N) is 1. The van der Waals surface area contributed by atoms with Gasteiger partial charge in [-0.05, 0) is 63.4 Å². The highest BCUT2D eigenvalue weighted by Gasteiger charge is 2.32. The van der Waals surface area contributed by atoms with Crippen molar-refractivity contribution in [1.82, 2.24) is 10.3 Å². The fraction of sp³-hybridized carbons (Fsp3) is 0.500. The van der Waals surface area contributed by atoms with Crippen LogP contribution in [0.5, 0.6) is 5.75 Å². The van der Waals surface area contributed by atoms with Crippen LogP contribution in [0.1, 0.15) is 42.8 Å².